The summed E-state index contributed by atoms with van der Waals surface area (Å²) in [4.78, 5) is 12.3. The molecule has 0 saturated carbocycles. The zero-order valence-corrected chi connectivity index (χ0v) is 18.9. The van der Waals surface area contributed by atoms with Gasteiger partial charge in [0.1, 0.15) is 5.82 Å². The van der Waals surface area contributed by atoms with E-state index in [0.717, 1.165) is 5.75 Å². The van der Waals surface area contributed by atoms with Crippen molar-refractivity contribution in [2.45, 2.75) is 44.1 Å². The Kier molecular flexibility index (Phi) is 8.19. The van der Waals surface area contributed by atoms with E-state index in [4.69, 9.17) is 11.6 Å². The van der Waals surface area contributed by atoms with Crippen LogP contribution in [0.2, 0.25) is 5.02 Å². The number of hydrogen-bond acceptors (Lipinski definition) is 4. The van der Waals surface area contributed by atoms with E-state index in [1.165, 1.54) is 22.5 Å². The van der Waals surface area contributed by atoms with Crippen LogP contribution in [0.25, 0.3) is 0 Å². The number of piperidine rings is 1. The Morgan fingerprint density at radius 1 is 1.32 bits per heavy atom. The van der Waals surface area contributed by atoms with Crippen LogP contribution in [0.15, 0.2) is 18.2 Å². The second-order valence-corrected chi connectivity index (χ2v) is 12.2. The molecule has 158 valence electrons. The molecule has 1 saturated heterocycles. The van der Waals surface area contributed by atoms with E-state index in [9.17, 15) is 17.6 Å². The normalized spacial score (nSPS) is 16.9. The van der Waals surface area contributed by atoms with Gasteiger partial charge in [0.15, 0.2) is 0 Å². The minimum Gasteiger partial charge on any atom is -0.355 e. The fraction of sp³-hybridized carbons (Fsp3) is 0.632. The number of benzene rings is 1. The van der Waals surface area contributed by atoms with Gasteiger partial charge in [-0.3, -0.25) is 4.79 Å². The first kappa shape index (κ1) is 23.4. The highest BCUT2D eigenvalue weighted by atomic mass is 35.5. The second kappa shape index (κ2) is 9.78. The van der Waals surface area contributed by atoms with Crippen molar-refractivity contribution in [1.82, 2.24) is 9.62 Å². The summed E-state index contributed by atoms with van der Waals surface area (Å²) < 4.78 is 40.7. The van der Waals surface area contributed by atoms with Crippen molar-refractivity contribution in [2.24, 2.45) is 5.92 Å². The first-order valence-electron chi connectivity index (χ1n) is 9.32. The molecule has 1 aromatic rings. The van der Waals surface area contributed by atoms with Crippen molar-refractivity contribution < 1.29 is 17.6 Å². The van der Waals surface area contributed by atoms with Crippen LogP contribution in [0.4, 0.5) is 4.39 Å². The molecular formula is C19H28ClFN2O3S2. The van der Waals surface area contributed by atoms with Crippen LogP contribution >= 0.6 is 23.4 Å². The highest BCUT2D eigenvalue weighted by Gasteiger charge is 2.32. The number of rotatable bonds is 7. The molecule has 0 spiro atoms. The van der Waals surface area contributed by atoms with Crippen molar-refractivity contribution >= 4 is 39.3 Å². The number of nitrogens with one attached hydrogen (secondary N) is 1. The Hall–Kier alpha value is -0.830. The van der Waals surface area contributed by atoms with Gasteiger partial charge in [-0.25, -0.2) is 17.1 Å². The summed E-state index contributed by atoms with van der Waals surface area (Å²) in [6.07, 6.45) is 0.922. The molecule has 5 nitrogen and oxygen atoms in total. The van der Waals surface area contributed by atoms with E-state index in [2.05, 4.69) is 26.1 Å². The van der Waals surface area contributed by atoms with E-state index in [0.29, 0.717) is 19.4 Å². The standard InChI is InChI=1S/C19H28ClFN2O3S2/c1-19(2,3)27-12-9-22-18(24)14-7-10-23(11-8-14)28(25,26)13-15-16(20)5-4-6-17(15)21/h4-6,14H,7-13H2,1-3H3,(H,22,24). The van der Waals surface area contributed by atoms with Crippen LogP contribution in [0.3, 0.4) is 0 Å². The molecule has 1 fully saturated rings. The third-order valence-electron chi connectivity index (χ3n) is 4.54. The summed E-state index contributed by atoms with van der Waals surface area (Å²) in [6, 6.07) is 4.12. The number of sulfonamides is 1. The molecular weight excluding hydrogens is 423 g/mol. The lowest BCUT2D eigenvalue weighted by atomic mass is 9.97. The van der Waals surface area contributed by atoms with Crippen molar-refractivity contribution in [3.8, 4) is 0 Å². The molecule has 1 heterocycles. The average molecular weight is 451 g/mol. The molecule has 0 unspecified atom stereocenters. The molecule has 0 aliphatic carbocycles. The Labute approximate surface area is 176 Å². The number of hydrogen-bond donors (Lipinski definition) is 1. The zero-order valence-electron chi connectivity index (χ0n) is 16.5. The smallest absolute Gasteiger partial charge is 0.223 e. The maximum Gasteiger partial charge on any atom is 0.223 e. The Balaban J connectivity index is 1.84. The lowest BCUT2D eigenvalue weighted by molar-refractivity contribution is -0.125. The van der Waals surface area contributed by atoms with E-state index >= 15 is 0 Å². The highest BCUT2D eigenvalue weighted by molar-refractivity contribution is 8.00. The first-order valence-corrected chi connectivity index (χ1v) is 12.3. The Bertz CT molecular complexity index is 769. The van der Waals surface area contributed by atoms with Crippen LogP contribution in [-0.2, 0) is 20.6 Å². The number of thioether (sulfide) groups is 1. The van der Waals surface area contributed by atoms with Crippen LogP contribution in [0, 0.1) is 11.7 Å². The van der Waals surface area contributed by atoms with Crippen LogP contribution in [0.1, 0.15) is 39.2 Å². The van der Waals surface area contributed by atoms with E-state index in [1.54, 1.807) is 11.8 Å². The van der Waals surface area contributed by atoms with Gasteiger partial charge >= 0.3 is 0 Å². The summed E-state index contributed by atoms with van der Waals surface area (Å²) in [6.45, 7) is 7.50. The quantitative estimate of drug-likeness (QED) is 0.643. The topological polar surface area (TPSA) is 66.5 Å². The minimum atomic E-state index is -3.69. The van der Waals surface area contributed by atoms with Gasteiger partial charge in [-0.15, -0.1) is 0 Å². The van der Waals surface area contributed by atoms with Gasteiger partial charge in [-0.05, 0) is 25.0 Å². The van der Waals surface area contributed by atoms with Crippen molar-refractivity contribution in [3.05, 3.63) is 34.6 Å². The predicted octanol–water partition coefficient (Wildman–Crippen LogP) is 3.67. The van der Waals surface area contributed by atoms with Crippen molar-refractivity contribution in [1.29, 1.82) is 0 Å². The summed E-state index contributed by atoms with van der Waals surface area (Å²) in [7, 11) is -3.69. The Morgan fingerprint density at radius 2 is 1.96 bits per heavy atom. The second-order valence-electron chi connectivity index (χ2n) is 7.88. The largest absolute Gasteiger partial charge is 0.355 e. The summed E-state index contributed by atoms with van der Waals surface area (Å²) in [5, 5.41) is 3.04. The molecule has 0 radical (unpaired) electrons. The lowest BCUT2D eigenvalue weighted by Gasteiger charge is -2.30. The molecule has 28 heavy (non-hydrogen) atoms. The molecule has 2 rings (SSSR count). The summed E-state index contributed by atoms with van der Waals surface area (Å²) in [5.41, 5.74) is -0.0135. The van der Waals surface area contributed by atoms with E-state index in [1.807, 2.05) is 0 Å². The molecule has 1 aliphatic heterocycles. The van der Waals surface area contributed by atoms with E-state index < -0.39 is 21.6 Å². The average Bonchev–Trinajstić information content (AvgIpc) is 2.61. The third-order valence-corrected chi connectivity index (χ3v) is 7.98. The zero-order chi connectivity index (χ0) is 20.9. The maximum atomic E-state index is 13.9. The van der Waals surface area contributed by atoms with E-state index in [-0.39, 0.29) is 40.2 Å². The predicted molar refractivity (Wildman–Crippen MR) is 114 cm³/mol. The van der Waals surface area contributed by atoms with Gasteiger partial charge in [0.25, 0.3) is 0 Å². The van der Waals surface area contributed by atoms with Gasteiger partial charge in [0.2, 0.25) is 15.9 Å². The van der Waals surface area contributed by atoms with Crippen molar-refractivity contribution in [2.75, 3.05) is 25.4 Å². The van der Waals surface area contributed by atoms with Gasteiger partial charge < -0.3 is 5.32 Å². The maximum absolute atomic E-state index is 13.9. The molecule has 0 bridgehead atoms. The number of carbonyl (C=O) groups is 1. The number of amides is 1. The first-order chi connectivity index (χ1) is 13.0. The van der Waals surface area contributed by atoms with Crippen molar-refractivity contribution in [3.63, 3.8) is 0 Å². The molecule has 1 aromatic carbocycles. The summed E-state index contributed by atoms with van der Waals surface area (Å²) >= 11 is 7.74. The van der Waals surface area contributed by atoms with Crippen LogP contribution < -0.4 is 5.32 Å². The molecule has 0 aromatic heterocycles. The van der Waals surface area contributed by atoms with Crippen LogP contribution in [-0.4, -0.2) is 48.8 Å². The fourth-order valence-electron chi connectivity index (χ4n) is 3.02. The molecule has 9 heteroatoms. The van der Waals surface area contributed by atoms with Gasteiger partial charge in [0, 0.05) is 46.6 Å². The minimum absolute atomic E-state index is 0.0135. The fourth-order valence-corrected chi connectivity index (χ4v) is 5.75. The van der Waals surface area contributed by atoms with Gasteiger partial charge in [-0.2, -0.15) is 11.8 Å². The number of halogens is 2. The number of carbonyl (C=O) groups excluding carboxylic acids is 1. The highest BCUT2D eigenvalue weighted by Crippen LogP contribution is 2.26. The summed E-state index contributed by atoms with van der Waals surface area (Å²) in [5.74, 6) is -0.476. The molecule has 1 N–H and O–H groups in total. The SMILES string of the molecule is CC(C)(C)SCCNC(=O)C1CCN(S(=O)(=O)Cc2c(F)cccc2Cl)CC1. The van der Waals surface area contributed by atoms with Crippen LogP contribution in [0.5, 0.6) is 0 Å². The third kappa shape index (κ3) is 6.90. The molecule has 1 amide bonds. The monoisotopic (exact) mass is 450 g/mol. The van der Waals surface area contributed by atoms with Gasteiger partial charge in [0.05, 0.1) is 5.75 Å². The Morgan fingerprint density at radius 3 is 2.54 bits per heavy atom. The van der Waals surface area contributed by atoms with Gasteiger partial charge in [-0.1, -0.05) is 38.4 Å². The number of nitrogens with zero attached hydrogens (tertiary/aromatic N) is 1. The molecule has 1 aliphatic rings. The lowest BCUT2D eigenvalue weighted by Crippen LogP contribution is -2.43. The molecule has 0 atom stereocenters.